The van der Waals surface area contributed by atoms with Crippen molar-refractivity contribution in [3.8, 4) is 11.1 Å². The number of amides is 3. The van der Waals surface area contributed by atoms with Crippen LogP contribution in [0.15, 0.2) is 48.5 Å². The molecule has 1 fully saturated rings. The van der Waals surface area contributed by atoms with Gasteiger partial charge in [-0.3, -0.25) is 14.4 Å². The van der Waals surface area contributed by atoms with Crippen molar-refractivity contribution in [3.63, 3.8) is 0 Å². The summed E-state index contributed by atoms with van der Waals surface area (Å²) in [5.41, 5.74) is 10.2. The molecule has 2 aromatic carbocycles. The Labute approximate surface area is 222 Å². The number of rotatable bonds is 11. The number of nitrogens with two attached hydrogens (primary N) is 1. The zero-order valence-electron chi connectivity index (χ0n) is 22.8. The highest BCUT2D eigenvalue weighted by molar-refractivity contribution is 5.91. The van der Waals surface area contributed by atoms with E-state index in [-0.39, 0.29) is 17.7 Å². The second-order valence-electron chi connectivity index (χ2n) is 10.9. The summed E-state index contributed by atoms with van der Waals surface area (Å²) in [6.45, 7) is 9.29. The highest BCUT2D eigenvalue weighted by atomic mass is 16.2. The molecule has 3 atom stereocenters. The van der Waals surface area contributed by atoms with Crippen LogP contribution >= 0.6 is 0 Å². The van der Waals surface area contributed by atoms with E-state index in [4.69, 9.17) is 5.73 Å². The van der Waals surface area contributed by atoms with Gasteiger partial charge >= 0.3 is 0 Å². The highest BCUT2D eigenvalue weighted by Crippen LogP contribution is 2.27. The summed E-state index contributed by atoms with van der Waals surface area (Å²) in [5.74, 6) is -1.53. The monoisotopic (exact) mass is 505 g/mol. The number of carbonyl (C=O) groups excluding carboxylic acids is 3. The predicted molar refractivity (Wildman–Crippen MR) is 148 cm³/mol. The van der Waals surface area contributed by atoms with Crippen LogP contribution in [-0.4, -0.2) is 35.2 Å². The van der Waals surface area contributed by atoms with E-state index < -0.39 is 23.8 Å². The van der Waals surface area contributed by atoms with Crippen LogP contribution in [0, 0.1) is 24.7 Å². The maximum absolute atomic E-state index is 13.6. The first kappa shape index (κ1) is 28.4. The largest absolute Gasteiger partial charge is 0.369 e. The molecule has 3 rings (SSSR count). The van der Waals surface area contributed by atoms with Gasteiger partial charge in [0, 0.05) is 24.9 Å². The van der Waals surface area contributed by atoms with E-state index in [9.17, 15) is 14.4 Å². The van der Waals surface area contributed by atoms with Crippen molar-refractivity contribution in [2.45, 2.75) is 78.8 Å². The van der Waals surface area contributed by atoms with Gasteiger partial charge in [0.1, 0.15) is 6.04 Å². The molecule has 3 unspecified atom stereocenters. The Morgan fingerprint density at radius 3 is 2.43 bits per heavy atom. The molecular formula is C31H43N3O3. The van der Waals surface area contributed by atoms with Crippen LogP contribution in [0.4, 0.5) is 0 Å². The summed E-state index contributed by atoms with van der Waals surface area (Å²) >= 11 is 0. The second-order valence-corrected chi connectivity index (χ2v) is 10.9. The lowest BCUT2D eigenvalue weighted by molar-refractivity contribution is -0.139. The molecule has 0 aromatic heterocycles. The molecule has 0 saturated carbocycles. The molecule has 3 amide bonds. The Morgan fingerprint density at radius 2 is 1.78 bits per heavy atom. The third kappa shape index (κ3) is 7.91. The standard InChI is InChI=1S/C31H43N3O3/c1-5-9-26(29(32)35)27(18-21(2)3)30(36)33-28-12-6-7-17-34(31(28)37)20-23-10-8-11-25(19-23)24-15-13-22(4)14-16-24/h8,10-11,13-16,19,21,26-28H,5-7,9,12,17-18,20H2,1-4H3,(H2,32,35)(H,33,36). The van der Waals surface area contributed by atoms with Crippen LogP contribution in [0.1, 0.15) is 70.4 Å². The molecule has 6 heteroatoms. The van der Waals surface area contributed by atoms with E-state index in [1.165, 1.54) is 5.56 Å². The fourth-order valence-electron chi connectivity index (χ4n) is 5.31. The molecule has 3 N–H and O–H groups in total. The molecule has 2 aromatic rings. The number of hydrogen-bond acceptors (Lipinski definition) is 3. The number of primary amides is 1. The van der Waals surface area contributed by atoms with Crippen LogP contribution in [0.3, 0.4) is 0 Å². The minimum absolute atomic E-state index is 0.0546. The van der Waals surface area contributed by atoms with Crippen molar-refractivity contribution >= 4 is 17.7 Å². The SMILES string of the molecule is CCCC(C(N)=O)C(CC(C)C)C(=O)NC1CCCCN(Cc2cccc(-c3ccc(C)cc3)c2)C1=O. The number of nitrogens with one attached hydrogen (secondary N) is 1. The highest BCUT2D eigenvalue weighted by Gasteiger charge is 2.35. The molecule has 0 bridgehead atoms. The Morgan fingerprint density at radius 1 is 1.05 bits per heavy atom. The van der Waals surface area contributed by atoms with Gasteiger partial charge in [-0.1, -0.05) is 75.2 Å². The van der Waals surface area contributed by atoms with E-state index in [0.717, 1.165) is 36.0 Å². The average Bonchev–Trinajstić information content (AvgIpc) is 3.03. The van der Waals surface area contributed by atoms with Gasteiger partial charge in [0.25, 0.3) is 0 Å². The Hall–Kier alpha value is -3.15. The van der Waals surface area contributed by atoms with Crippen molar-refractivity contribution in [1.82, 2.24) is 10.2 Å². The molecule has 1 aliphatic rings. The predicted octanol–water partition coefficient (Wildman–Crippen LogP) is 5.22. The summed E-state index contributed by atoms with van der Waals surface area (Å²) in [5, 5.41) is 3.03. The maximum Gasteiger partial charge on any atom is 0.245 e. The van der Waals surface area contributed by atoms with Gasteiger partial charge in [0.05, 0.1) is 0 Å². The molecule has 0 aliphatic carbocycles. The third-order valence-corrected chi connectivity index (χ3v) is 7.30. The van der Waals surface area contributed by atoms with Gasteiger partial charge in [-0.2, -0.15) is 0 Å². The summed E-state index contributed by atoms with van der Waals surface area (Å²) < 4.78 is 0. The van der Waals surface area contributed by atoms with Crippen LogP contribution in [0.2, 0.25) is 0 Å². The molecule has 1 heterocycles. The topological polar surface area (TPSA) is 92.5 Å². The molecule has 0 spiro atoms. The number of carbonyl (C=O) groups is 3. The summed E-state index contributed by atoms with van der Waals surface area (Å²) in [6.07, 6.45) is 4.27. The van der Waals surface area contributed by atoms with E-state index in [2.05, 4.69) is 48.6 Å². The van der Waals surface area contributed by atoms with Crippen molar-refractivity contribution in [2.75, 3.05) is 6.54 Å². The fraction of sp³-hybridized carbons (Fsp3) is 0.516. The summed E-state index contributed by atoms with van der Waals surface area (Å²) in [6, 6.07) is 16.1. The Kier molecular flexibility index (Phi) is 10.3. The van der Waals surface area contributed by atoms with Gasteiger partial charge in [0.15, 0.2) is 0 Å². The van der Waals surface area contributed by atoms with Crippen LogP contribution in [0.5, 0.6) is 0 Å². The Bertz CT molecular complexity index is 1060. The first-order chi connectivity index (χ1) is 17.7. The number of hydrogen-bond donors (Lipinski definition) is 2. The van der Waals surface area contributed by atoms with Gasteiger partial charge < -0.3 is 16.0 Å². The quantitative estimate of drug-likeness (QED) is 0.438. The Balaban J connectivity index is 1.75. The van der Waals surface area contributed by atoms with E-state index in [1.807, 2.05) is 37.8 Å². The molecule has 6 nitrogen and oxygen atoms in total. The van der Waals surface area contributed by atoms with Crippen molar-refractivity contribution < 1.29 is 14.4 Å². The number of benzene rings is 2. The summed E-state index contributed by atoms with van der Waals surface area (Å²) in [4.78, 5) is 41.1. The van der Waals surface area contributed by atoms with Crippen LogP contribution < -0.4 is 11.1 Å². The molecular weight excluding hydrogens is 462 g/mol. The van der Waals surface area contributed by atoms with Gasteiger partial charge in [-0.05, 0) is 67.7 Å². The van der Waals surface area contributed by atoms with E-state index in [0.29, 0.717) is 32.4 Å². The minimum Gasteiger partial charge on any atom is -0.369 e. The van der Waals surface area contributed by atoms with Crippen molar-refractivity contribution in [3.05, 3.63) is 59.7 Å². The van der Waals surface area contributed by atoms with E-state index in [1.54, 1.807) is 0 Å². The number of aryl methyl sites for hydroxylation is 1. The zero-order chi connectivity index (χ0) is 26.9. The smallest absolute Gasteiger partial charge is 0.245 e. The lowest BCUT2D eigenvalue weighted by atomic mass is 9.81. The van der Waals surface area contributed by atoms with E-state index >= 15 is 0 Å². The molecule has 1 aliphatic heterocycles. The normalized spacial score (nSPS) is 17.8. The summed E-state index contributed by atoms with van der Waals surface area (Å²) in [7, 11) is 0. The third-order valence-electron chi connectivity index (χ3n) is 7.30. The van der Waals surface area contributed by atoms with Crippen molar-refractivity contribution in [2.24, 2.45) is 23.5 Å². The fourth-order valence-corrected chi connectivity index (χ4v) is 5.31. The van der Waals surface area contributed by atoms with Crippen molar-refractivity contribution in [1.29, 1.82) is 0 Å². The van der Waals surface area contributed by atoms with Crippen LogP contribution in [0.25, 0.3) is 11.1 Å². The lowest BCUT2D eigenvalue weighted by Crippen LogP contribution is -2.50. The number of nitrogens with zero attached hydrogens (tertiary/aromatic N) is 1. The maximum atomic E-state index is 13.6. The first-order valence-electron chi connectivity index (χ1n) is 13.7. The minimum atomic E-state index is -0.583. The number of likely N-dealkylation sites (tertiary alicyclic amines) is 1. The molecule has 1 saturated heterocycles. The molecule has 37 heavy (non-hydrogen) atoms. The molecule has 0 radical (unpaired) electrons. The lowest BCUT2D eigenvalue weighted by Gasteiger charge is -2.29. The van der Waals surface area contributed by atoms with Gasteiger partial charge in [-0.15, -0.1) is 0 Å². The first-order valence-corrected chi connectivity index (χ1v) is 13.7. The average molecular weight is 506 g/mol. The second kappa shape index (κ2) is 13.4. The van der Waals surface area contributed by atoms with Gasteiger partial charge in [-0.25, -0.2) is 0 Å². The van der Waals surface area contributed by atoms with Crippen LogP contribution in [-0.2, 0) is 20.9 Å². The zero-order valence-corrected chi connectivity index (χ0v) is 22.8. The van der Waals surface area contributed by atoms with Gasteiger partial charge in [0.2, 0.25) is 17.7 Å². The molecule has 200 valence electrons.